The summed E-state index contributed by atoms with van der Waals surface area (Å²) in [5, 5.41) is 9.23. The summed E-state index contributed by atoms with van der Waals surface area (Å²) in [5.74, 6) is 0.0840. The molecule has 3 nitrogen and oxygen atoms in total. The second kappa shape index (κ2) is 5.05. The maximum atomic E-state index is 12.7. The van der Waals surface area contributed by atoms with Crippen molar-refractivity contribution in [1.29, 1.82) is 0 Å². The van der Waals surface area contributed by atoms with Gasteiger partial charge in [-0.1, -0.05) is 12.1 Å². The lowest BCUT2D eigenvalue weighted by Gasteiger charge is -2.02. The number of H-pyrrole nitrogens is 1. The Morgan fingerprint density at radius 3 is 2.65 bits per heavy atom. The van der Waals surface area contributed by atoms with Crippen LogP contribution < -0.4 is 5.56 Å². The Hall–Kier alpha value is -1.75. The Bertz CT molecular complexity index is 565. The average molecular weight is 251 g/mol. The summed E-state index contributed by atoms with van der Waals surface area (Å²) in [4.78, 5) is 14.1. The molecule has 0 amide bonds. The number of nitrogens with one attached hydrogen (secondary N) is 1. The molecule has 5 heteroatoms. The number of aromatic amines is 1. The Morgan fingerprint density at radius 2 is 2.00 bits per heavy atom. The molecule has 17 heavy (non-hydrogen) atoms. The van der Waals surface area contributed by atoms with Crippen molar-refractivity contribution in [1.82, 2.24) is 4.98 Å². The highest BCUT2D eigenvalue weighted by atomic mass is 32.2. The van der Waals surface area contributed by atoms with Crippen LogP contribution in [-0.2, 0) is 5.75 Å². The highest BCUT2D eigenvalue weighted by Crippen LogP contribution is 2.23. The predicted octanol–water partition coefficient (Wildman–Crippen LogP) is 2.51. The molecule has 1 heterocycles. The van der Waals surface area contributed by atoms with Gasteiger partial charge in [-0.25, -0.2) is 4.39 Å². The highest BCUT2D eigenvalue weighted by molar-refractivity contribution is 7.98. The zero-order valence-electron chi connectivity index (χ0n) is 8.81. The molecule has 0 aliphatic heterocycles. The topological polar surface area (TPSA) is 53.1 Å². The van der Waals surface area contributed by atoms with Gasteiger partial charge in [-0.2, -0.15) is 0 Å². The van der Waals surface area contributed by atoms with Crippen molar-refractivity contribution in [3.8, 4) is 5.75 Å². The van der Waals surface area contributed by atoms with Crippen LogP contribution in [0.3, 0.4) is 0 Å². The summed E-state index contributed by atoms with van der Waals surface area (Å²) in [6.45, 7) is 0. The quantitative estimate of drug-likeness (QED) is 0.824. The van der Waals surface area contributed by atoms with Crippen LogP contribution in [0.1, 0.15) is 5.56 Å². The number of aromatic nitrogens is 1. The van der Waals surface area contributed by atoms with Crippen LogP contribution in [0.2, 0.25) is 0 Å². The summed E-state index contributed by atoms with van der Waals surface area (Å²) in [6.07, 6.45) is 1.54. The molecule has 1 aromatic carbocycles. The first-order chi connectivity index (χ1) is 8.15. The van der Waals surface area contributed by atoms with E-state index in [1.807, 2.05) is 0 Å². The molecule has 0 unspecified atom stereocenters. The first kappa shape index (κ1) is 11.7. The van der Waals surface area contributed by atoms with E-state index in [1.165, 1.54) is 36.2 Å². The third-order valence-electron chi connectivity index (χ3n) is 2.18. The molecule has 0 aliphatic carbocycles. The number of aromatic hydroxyl groups is 1. The molecule has 2 aromatic rings. The van der Waals surface area contributed by atoms with Gasteiger partial charge in [-0.3, -0.25) is 4.79 Å². The molecule has 0 saturated carbocycles. The van der Waals surface area contributed by atoms with Crippen molar-refractivity contribution in [2.75, 3.05) is 0 Å². The van der Waals surface area contributed by atoms with Crippen molar-refractivity contribution < 1.29 is 9.50 Å². The Kier molecular flexibility index (Phi) is 3.49. The Labute approximate surface area is 101 Å². The molecule has 1 aromatic heterocycles. The first-order valence-electron chi connectivity index (χ1n) is 4.94. The van der Waals surface area contributed by atoms with Crippen LogP contribution in [0, 0.1) is 5.82 Å². The summed E-state index contributed by atoms with van der Waals surface area (Å²) in [5.41, 5.74) is 0.471. The molecule has 88 valence electrons. The van der Waals surface area contributed by atoms with Gasteiger partial charge in [0.1, 0.15) is 5.82 Å². The minimum absolute atomic E-state index is 0.263. The van der Waals surface area contributed by atoms with Gasteiger partial charge >= 0.3 is 0 Å². The summed E-state index contributed by atoms with van der Waals surface area (Å²) in [6, 6.07) is 7.62. The number of halogens is 1. The standard InChI is InChI=1S/C12H10FNO2S/c13-9-3-1-8(2-4-9)7-17-10-5-11(15)12(16)14-6-10/h1-6,15H,7H2,(H,14,16). The maximum Gasteiger partial charge on any atom is 0.290 e. The molecule has 0 saturated heterocycles. The molecule has 0 fully saturated rings. The molecular weight excluding hydrogens is 241 g/mol. The molecule has 0 spiro atoms. The predicted molar refractivity (Wildman–Crippen MR) is 64.7 cm³/mol. The largest absolute Gasteiger partial charge is 0.503 e. The normalized spacial score (nSPS) is 10.4. The molecule has 0 aliphatic rings. The molecular formula is C12H10FNO2S. The second-order valence-corrected chi connectivity index (χ2v) is 4.51. The zero-order chi connectivity index (χ0) is 12.3. The minimum atomic E-state index is -0.504. The minimum Gasteiger partial charge on any atom is -0.503 e. The van der Waals surface area contributed by atoms with Crippen molar-refractivity contribution >= 4 is 11.8 Å². The fourth-order valence-corrected chi connectivity index (χ4v) is 2.15. The zero-order valence-corrected chi connectivity index (χ0v) is 9.63. The van der Waals surface area contributed by atoms with Gasteiger partial charge in [0.2, 0.25) is 0 Å². The van der Waals surface area contributed by atoms with Gasteiger partial charge in [0.25, 0.3) is 5.56 Å². The van der Waals surface area contributed by atoms with E-state index in [2.05, 4.69) is 4.98 Å². The number of hydrogen-bond acceptors (Lipinski definition) is 3. The number of thioether (sulfide) groups is 1. The molecule has 0 bridgehead atoms. The Morgan fingerprint density at radius 1 is 1.29 bits per heavy atom. The van der Waals surface area contributed by atoms with E-state index in [-0.39, 0.29) is 11.6 Å². The van der Waals surface area contributed by atoms with E-state index >= 15 is 0 Å². The van der Waals surface area contributed by atoms with E-state index in [0.29, 0.717) is 5.75 Å². The highest BCUT2D eigenvalue weighted by Gasteiger charge is 2.01. The molecule has 0 atom stereocenters. The van der Waals surface area contributed by atoms with Crippen LogP contribution in [-0.4, -0.2) is 10.1 Å². The molecule has 0 radical (unpaired) electrons. The SMILES string of the molecule is O=c1[nH]cc(SCc2ccc(F)cc2)cc1O. The fourth-order valence-electron chi connectivity index (χ4n) is 1.28. The smallest absolute Gasteiger partial charge is 0.290 e. The van der Waals surface area contributed by atoms with Crippen molar-refractivity contribution in [3.05, 3.63) is 58.3 Å². The van der Waals surface area contributed by atoms with Crippen LogP contribution in [0.25, 0.3) is 0 Å². The third kappa shape index (κ3) is 3.10. The van der Waals surface area contributed by atoms with Crippen LogP contribution in [0.15, 0.2) is 46.2 Å². The van der Waals surface area contributed by atoms with E-state index in [0.717, 1.165) is 10.5 Å². The summed E-state index contributed by atoms with van der Waals surface area (Å²) in [7, 11) is 0. The van der Waals surface area contributed by atoms with E-state index in [4.69, 9.17) is 0 Å². The van der Waals surface area contributed by atoms with Crippen molar-refractivity contribution in [2.24, 2.45) is 0 Å². The lowest BCUT2D eigenvalue weighted by atomic mass is 10.2. The number of hydrogen-bond donors (Lipinski definition) is 2. The molecule has 2 N–H and O–H groups in total. The van der Waals surface area contributed by atoms with Gasteiger partial charge in [0.05, 0.1) is 0 Å². The van der Waals surface area contributed by atoms with Gasteiger partial charge < -0.3 is 10.1 Å². The van der Waals surface area contributed by atoms with E-state index < -0.39 is 5.56 Å². The number of pyridine rings is 1. The number of rotatable bonds is 3. The lowest BCUT2D eigenvalue weighted by molar-refractivity contribution is 0.464. The van der Waals surface area contributed by atoms with E-state index in [9.17, 15) is 14.3 Å². The van der Waals surface area contributed by atoms with Crippen LogP contribution >= 0.6 is 11.8 Å². The molecule has 2 rings (SSSR count). The van der Waals surface area contributed by atoms with Gasteiger partial charge in [-0.15, -0.1) is 11.8 Å². The fraction of sp³-hybridized carbons (Fsp3) is 0.0833. The Balaban J connectivity index is 2.04. The maximum absolute atomic E-state index is 12.7. The average Bonchev–Trinajstić information content (AvgIpc) is 2.33. The monoisotopic (exact) mass is 251 g/mol. The summed E-state index contributed by atoms with van der Waals surface area (Å²) < 4.78 is 12.7. The second-order valence-electron chi connectivity index (χ2n) is 3.46. The van der Waals surface area contributed by atoms with Crippen LogP contribution in [0.5, 0.6) is 5.75 Å². The summed E-state index contributed by atoms with van der Waals surface area (Å²) >= 11 is 1.45. The van der Waals surface area contributed by atoms with Gasteiger partial charge in [0, 0.05) is 22.9 Å². The van der Waals surface area contributed by atoms with Crippen LogP contribution in [0.4, 0.5) is 4.39 Å². The lowest BCUT2D eigenvalue weighted by Crippen LogP contribution is -2.03. The van der Waals surface area contributed by atoms with Gasteiger partial charge in [0.15, 0.2) is 5.75 Å². The van der Waals surface area contributed by atoms with Gasteiger partial charge in [-0.05, 0) is 17.7 Å². The van der Waals surface area contributed by atoms with E-state index in [1.54, 1.807) is 12.1 Å². The first-order valence-corrected chi connectivity index (χ1v) is 5.92. The van der Waals surface area contributed by atoms with Crippen molar-refractivity contribution in [2.45, 2.75) is 10.6 Å². The number of benzene rings is 1. The third-order valence-corrected chi connectivity index (χ3v) is 3.22. The van der Waals surface area contributed by atoms with Crippen molar-refractivity contribution in [3.63, 3.8) is 0 Å².